The van der Waals surface area contributed by atoms with E-state index in [1.54, 1.807) is 12.1 Å². The number of carbonyl (C=O) groups excluding carboxylic acids is 2. The number of hydrogen-bond acceptors (Lipinski definition) is 6. The van der Waals surface area contributed by atoms with Crippen molar-refractivity contribution in [1.82, 2.24) is 14.4 Å². The molecule has 0 bridgehead atoms. The Labute approximate surface area is 138 Å². The predicted molar refractivity (Wildman–Crippen MR) is 80.5 cm³/mol. The summed E-state index contributed by atoms with van der Waals surface area (Å²) in [6, 6.07) is 4.77. The monoisotopic (exact) mass is 365 g/mol. The van der Waals surface area contributed by atoms with Gasteiger partial charge in [-0.05, 0) is 18.2 Å². The van der Waals surface area contributed by atoms with Crippen LogP contribution in [0.15, 0.2) is 18.2 Å². The Morgan fingerprint density at radius 3 is 2.57 bits per heavy atom. The third-order valence-corrected chi connectivity index (χ3v) is 3.72. The SMILES string of the molecule is COC(=O)C(=O)Sn1nc(Cl)c(-c2ccc(Cl)cc2Cl)n1. The number of halogens is 3. The zero-order valence-corrected chi connectivity index (χ0v) is 13.4. The number of benzene rings is 1. The lowest BCUT2D eigenvalue weighted by atomic mass is 10.2. The van der Waals surface area contributed by atoms with Crippen LogP contribution >= 0.6 is 46.8 Å². The molecule has 0 N–H and O–H groups in total. The van der Waals surface area contributed by atoms with E-state index in [1.165, 1.54) is 6.07 Å². The zero-order chi connectivity index (χ0) is 15.6. The summed E-state index contributed by atoms with van der Waals surface area (Å²) in [5, 5.41) is 7.78. The lowest BCUT2D eigenvalue weighted by molar-refractivity contribution is -0.147. The molecule has 21 heavy (non-hydrogen) atoms. The molecule has 2 rings (SSSR count). The summed E-state index contributed by atoms with van der Waals surface area (Å²) in [6.07, 6.45) is 0. The van der Waals surface area contributed by atoms with Crippen LogP contribution in [0.1, 0.15) is 0 Å². The molecule has 6 nitrogen and oxygen atoms in total. The van der Waals surface area contributed by atoms with Crippen molar-refractivity contribution < 1.29 is 14.3 Å². The number of carbonyl (C=O) groups is 2. The van der Waals surface area contributed by atoms with Gasteiger partial charge < -0.3 is 4.74 Å². The minimum Gasteiger partial charge on any atom is -0.463 e. The van der Waals surface area contributed by atoms with E-state index in [9.17, 15) is 9.59 Å². The van der Waals surface area contributed by atoms with Crippen molar-refractivity contribution >= 4 is 57.8 Å². The van der Waals surface area contributed by atoms with Crippen molar-refractivity contribution in [3.05, 3.63) is 33.4 Å². The number of ether oxygens (including phenoxy) is 1. The molecule has 0 saturated carbocycles. The van der Waals surface area contributed by atoms with Gasteiger partial charge in [0.25, 0.3) is 0 Å². The number of aromatic nitrogens is 3. The molecule has 0 amide bonds. The van der Waals surface area contributed by atoms with Crippen molar-refractivity contribution in [2.75, 3.05) is 7.11 Å². The fraction of sp³-hybridized carbons (Fsp3) is 0.0909. The first kappa shape index (κ1) is 16.1. The third-order valence-electron chi connectivity index (χ3n) is 2.26. The first-order valence-corrected chi connectivity index (χ1v) is 7.22. The normalized spacial score (nSPS) is 10.5. The molecule has 1 heterocycles. The van der Waals surface area contributed by atoms with E-state index >= 15 is 0 Å². The van der Waals surface area contributed by atoms with Gasteiger partial charge in [0.2, 0.25) is 0 Å². The summed E-state index contributed by atoms with van der Waals surface area (Å²) in [6.45, 7) is 0. The highest BCUT2D eigenvalue weighted by atomic mass is 35.5. The Kier molecular flexibility index (Phi) is 5.10. The predicted octanol–water partition coefficient (Wildman–Crippen LogP) is 3.10. The average Bonchev–Trinajstić information content (AvgIpc) is 2.78. The quantitative estimate of drug-likeness (QED) is 0.600. The van der Waals surface area contributed by atoms with Crippen LogP contribution in [0.3, 0.4) is 0 Å². The highest BCUT2D eigenvalue weighted by Crippen LogP contribution is 2.33. The molecule has 0 saturated heterocycles. The average molecular weight is 367 g/mol. The topological polar surface area (TPSA) is 74.1 Å². The molecule has 1 aromatic heterocycles. The third kappa shape index (κ3) is 3.68. The molecule has 0 aliphatic carbocycles. The van der Waals surface area contributed by atoms with Gasteiger partial charge >= 0.3 is 11.1 Å². The van der Waals surface area contributed by atoms with Gasteiger partial charge in [-0.25, -0.2) is 4.79 Å². The minimum absolute atomic E-state index is 0.0318. The van der Waals surface area contributed by atoms with Crippen LogP contribution in [-0.2, 0) is 14.3 Å². The molecule has 0 aliphatic heterocycles. The van der Waals surface area contributed by atoms with E-state index < -0.39 is 11.1 Å². The summed E-state index contributed by atoms with van der Waals surface area (Å²) >= 11 is 18.3. The van der Waals surface area contributed by atoms with Gasteiger partial charge in [0.05, 0.1) is 24.1 Å². The summed E-state index contributed by atoms with van der Waals surface area (Å²) in [5.41, 5.74) is 0.770. The van der Waals surface area contributed by atoms with Gasteiger partial charge in [0.15, 0.2) is 5.15 Å². The number of rotatable bonds is 2. The first-order chi connectivity index (χ1) is 9.92. The van der Waals surface area contributed by atoms with Crippen LogP contribution in [0.25, 0.3) is 11.3 Å². The molecule has 1 aromatic carbocycles. The van der Waals surface area contributed by atoms with Crippen molar-refractivity contribution in [2.24, 2.45) is 0 Å². The van der Waals surface area contributed by atoms with E-state index in [1.807, 2.05) is 0 Å². The number of methoxy groups -OCH3 is 1. The van der Waals surface area contributed by atoms with Gasteiger partial charge in [0, 0.05) is 10.6 Å². The Morgan fingerprint density at radius 1 is 1.24 bits per heavy atom. The van der Waals surface area contributed by atoms with Crippen LogP contribution in [0.2, 0.25) is 15.2 Å². The molecule has 0 spiro atoms. The molecule has 110 valence electrons. The van der Waals surface area contributed by atoms with Gasteiger partial charge in [0.1, 0.15) is 5.69 Å². The van der Waals surface area contributed by atoms with Gasteiger partial charge in [-0.3, -0.25) is 4.79 Å². The Balaban J connectivity index is 2.31. The molecule has 0 aliphatic rings. The Hall–Kier alpha value is -1.28. The van der Waals surface area contributed by atoms with Gasteiger partial charge in [-0.1, -0.05) is 34.8 Å². The highest BCUT2D eigenvalue weighted by Gasteiger charge is 2.20. The van der Waals surface area contributed by atoms with Crippen molar-refractivity contribution in [2.45, 2.75) is 0 Å². The van der Waals surface area contributed by atoms with E-state index in [4.69, 9.17) is 34.8 Å². The molecule has 0 fully saturated rings. The summed E-state index contributed by atoms with van der Waals surface area (Å²) in [5.74, 6) is -1.01. The molecule has 0 unspecified atom stereocenters. The maximum absolute atomic E-state index is 11.4. The Bertz CT molecular complexity index is 720. The number of nitrogens with zero attached hydrogens (tertiary/aromatic N) is 3. The first-order valence-electron chi connectivity index (χ1n) is 5.31. The van der Waals surface area contributed by atoms with Gasteiger partial charge in [-0.2, -0.15) is 0 Å². The summed E-state index contributed by atoms with van der Waals surface area (Å²) in [7, 11) is 1.10. The van der Waals surface area contributed by atoms with E-state index in [0.717, 1.165) is 11.3 Å². The van der Waals surface area contributed by atoms with Crippen LogP contribution < -0.4 is 0 Å². The fourth-order valence-corrected chi connectivity index (χ4v) is 2.66. The number of hydrogen-bond donors (Lipinski definition) is 0. The second kappa shape index (κ2) is 6.65. The zero-order valence-electron chi connectivity index (χ0n) is 10.3. The largest absolute Gasteiger partial charge is 0.463 e. The van der Waals surface area contributed by atoms with Crippen LogP contribution in [0.4, 0.5) is 0 Å². The second-order valence-corrected chi connectivity index (χ2v) is 5.67. The minimum atomic E-state index is -1.01. The fourth-order valence-electron chi connectivity index (χ4n) is 1.35. The lowest BCUT2D eigenvalue weighted by Gasteiger charge is -2.00. The van der Waals surface area contributed by atoms with Crippen molar-refractivity contribution in [3.63, 3.8) is 0 Å². The maximum Gasteiger partial charge on any atom is 0.387 e. The standard InChI is InChI=1S/C11H6Cl3N3O3S/c1-20-10(18)11(19)21-17-15-8(9(14)16-17)6-3-2-5(12)4-7(6)13/h2-4H,1H3. The molecular formula is C11H6Cl3N3O3S. The highest BCUT2D eigenvalue weighted by molar-refractivity contribution is 8.13. The summed E-state index contributed by atoms with van der Waals surface area (Å²) < 4.78 is 5.21. The molecule has 2 aromatic rings. The second-order valence-electron chi connectivity index (χ2n) is 3.59. The summed E-state index contributed by atoms with van der Waals surface area (Å²) in [4.78, 5) is 22.5. The molecular weight excluding hydrogens is 361 g/mol. The van der Waals surface area contributed by atoms with E-state index in [2.05, 4.69) is 14.9 Å². The lowest BCUT2D eigenvalue weighted by Crippen LogP contribution is -2.14. The number of esters is 1. The molecule has 0 radical (unpaired) electrons. The van der Waals surface area contributed by atoms with Gasteiger partial charge in [-0.15, -0.1) is 14.4 Å². The smallest absolute Gasteiger partial charge is 0.387 e. The maximum atomic E-state index is 11.4. The van der Waals surface area contributed by atoms with Crippen LogP contribution in [0, 0.1) is 0 Å². The van der Waals surface area contributed by atoms with E-state index in [-0.39, 0.29) is 10.8 Å². The Morgan fingerprint density at radius 2 is 1.95 bits per heavy atom. The van der Waals surface area contributed by atoms with Crippen molar-refractivity contribution in [1.29, 1.82) is 0 Å². The van der Waals surface area contributed by atoms with Crippen LogP contribution in [-0.4, -0.2) is 32.6 Å². The van der Waals surface area contributed by atoms with E-state index in [0.29, 0.717) is 27.6 Å². The molecule has 0 atom stereocenters. The van der Waals surface area contributed by atoms with Crippen LogP contribution in [0.5, 0.6) is 0 Å². The van der Waals surface area contributed by atoms with Crippen molar-refractivity contribution in [3.8, 4) is 11.3 Å². The molecule has 10 heteroatoms.